The van der Waals surface area contributed by atoms with E-state index in [1.54, 1.807) is 36.4 Å². The third kappa shape index (κ3) is 5.92. The molecule has 6 nitrogen and oxygen atoms in total. The van der Waals surface area contributed by atoms with E-state index in [-0.39, 0.29) is 5.91 Å². The van der Waals surface area contributed by atoms with E-state index in [0.29, 0.717) is 29.3 Å². The van der Waals surface area contributed by atoms with Gasteiger partial charge < -0.3 is 15.4 Å². The normalized spacial score (nSPS) is 14.0. The van der Waals surface area contributed by atoms with Gasteiger partial charge in [-0.3, -0.25) is 9.59 Å². The predicted molar refractivity (Wildman–Crippen MR) is 116 cm³/mol. The molecule has 30 heavy (non-hydrogen) atoms. The van der Waals surface area contributed by atoms with Gasteiger partial charge in [-0.25, -0.2) is 4.79 Å². The molecule has 0 aliphatic heterocycles. The van der Waals surface area contributed by atoms with Crippen molar-refractivity contribution in [2.75, 3.05) is 18.5 Å². The third-order valence-corrected chi connectivity index (χ3v) is 5.30. The van der Waals surface area contributed by atoms with Crippen LogP contribution in [-0.2, 0) is 9.53 Å². The summed E-state index contributed by atoms with van der Waals surface area (Å²) in [6.45, 7) is 1.96. The molecule has 2 amide bonds. The van der Waals surface area contributed by atoms with Gasteiger partial charge in [-0.15, -0.1) is 0 Å². The van der Waals surface area contributed by atoms with Crippen LogP contribution in [0.2, 0.25) is 0 Å². The number of carbonyl (C=O) groups excluding carboxylic acids is 3. The maximum atomic E-state index is 12.2. The lowest BCUT2D eigenvalue weighted by Crippen LogP contribution is -2.23. The van der Waals surface area contributed by atoms with Crippen molar-refractivity contribution >= 4 is 23.5 Å². The summed E-state index contributed by atoms with van der Waals surface area (Å²) in [6, 6.07) is 14.1. The molecule has 158 valence electrons. The van der Waals surface area contributed by atoms with Gasteiger partial charge in [-0.05, 0) is 61.6 Å². The number of ether oxygens (including phenoxy) is 1. The van der Waals surface area contributed by atoms with E-state index in [4.69, 9.17) is 4.74 Å². The van der Waals surface area contributed by atoms with E-state index in [1.165, 1.54) is 37.7 Å². The zero-order valence-electron chi connectivity index (χ0n) is 17.3. The predicted octanol–water partition coefficient (Wildman–Crippen LogP) is 4.28. The second-order valence-corrected chi connectivity index (χ2v) is 7.52. The first-order chi connectivity index (χ1) is 14.6. The molecule has 1 fully saturated rings. The van der Waals surface area contributed by atoms with Gasteiger partial charge in [0.1, 0.15) is 0 Å². The highest BCUT2D eigenvalue weighted by Crippen LogP contribution is 2.32. The Kier molecular flexibility index (Phi) is 7.60. The van der Waals surface area contributed by atoms with Crippen LogP contribution in [-0.4, -0.2) is 30.9 Å². The molecule has 0 atom stereocenters. The van der Waals surface area contributed by atoms with Crippen molar-refractivity contribution < 1.29 is 19.1 Å². The molecule has 1 aliphatic carbocycles. The Bertz CT molecular complexity index is 886. The van der Waals surface area contributed by atoms with E-state index in [1.807, 2.05) is 19.1 Å². The summed E-state index contributed by atoms with van der Waals surface area (Å²) < 4.78 is 5.13. The van der Waals surface area contributed by atoms with Crippen LogP contribution >= 0.6 is 0 Å². The minimum absolute atomic E-state index is 0.211. The van der Waals surface area contributed by atoms with Crippen LogP contribution < -0.4 is 10.6 Å². The minimum atomic E-state index is -0.531. The molecule has 2 aromatic carbocycles. The molecule has 0 spiro atoms. The fraction of sp³-hybridized carbons (Fsp3) is 0.375. The number of nitrogens with one attached hydrogen (secondary N) is 2. The molecule has 0 saturated heterocycles. The lowest BCUT2D eigenvalue weighted by Gasteiger charge is -2.21. The quantitative estimate of drug-likeness (QED) is 0.670. The standard InChI is InChI=1S/C24H28N2O4/c1-2-25-23(28)20-9-6-10-21(15-20)26-22(27)16-30-24(29)19-13-11-18(12-14-19)17-7-4-3-5-8-17/h6,9-15,17H,2-5,7-8,16H2,1H3,(H,25,28)(H,26,27). The highest BCUT2D eigenvalue weighted by Gasteiger charge is 2.17. The molecule has 0 radical (unpaired) electrons. The van der Waals surface area contributed by atoms with Gasteiger partial charge in [0, 0.05) is 17.8 Å². The molecule has 0 heterocycles. The molecule has 1 saturated carbocycles. The number of amides is 2. The Balaban J connectivity index is 1.50. The van der Waals surface area contributed by atoms with Crippen LogP contribution in [0.15, 0.2) is 48.5 Å². The maximum absolute atomic E-state index is 12.2. The van der Waals surface area contributed by atoms with Gasteiger partial charge in [0.05, 0.1) is 5.56 Å². The summed E-state index contributed by atoms with van der Waals surface area (Å²) in [4.78, 5) is 36.3. The molecule has 2 N–H and O–H groups in total. The van der Waals surface area contributed by atoms with Gasteiger partial charge in [0.25, 0.3) is 11.8 Å². The average Bonchev–Trinajstić information content (AvgIpc) is 2.78. The van der Waals surface area contributed by atoms with Gasteiger partial charge in [-0.1, -0.05) is 37.5 Å². The number of esters is 1. The Morgan fingerprint density at radius 1 is 0.967 bits per heavy atom. The molecular formula is C24H28N2O4. The molecule has 6 heteroatoms. The molecule has 0 unspecified atom stereocenters. The molecule has 3 rings (SSSR count). The van der Waals surface area contributed by atoms with Gasteiger partial charge in [0.2, 0.25) is 0 Å². The monoisotopic (exact) mass is 408 g/mol. The zero-order chi connectivity index (χ0) is 21.3. The van der Waals surface area contributed by atoms with Crippen LogP contribution in [0.1, 0.15) is 71.2 Å². The third-order valence-electron chi connectivity index (χ3n) is 5.30. The van der Waals surface area contributed by atoms with E-state index >= 15 is 0 Å². The SMILES string of the molecule is CCNC(=O)c1cccc(NC(=O)COC(=O)c2ccc(C3CCCCC3)cc2)c1. The zero-order valence-corrected chi connectivity index (χ0v) is 17.3. The lowest BCUT2D eigenvalue weighted by atomic mass is 9.84. The van der Waals surface area contributed by atoms with E-state index in [0.717, 1.165) is 0 Å². The topological polar surface area (TPSA) is 84.5 Å². The first kappa shape index (κ1) is 21.6. The first-order valence-corrected chi connectivity index (χ1v) is 10.5. The fourth-order valence-electron chi connectivity index (χ4n) is 3.74. The number of hydrogen-bond acceptors (Lipinski definition) is 4. The largest absolute Gasteiger partial charge is 0.452 e. The molecular weight excluding hydrogens is 380 g/mol. The van der Waals surface area contributed by atoms with Crippen LogP contribution in [0.25, 0.3) is 0 Å². The van der Waals surface area contributed by atoms with Crippen molar-refractivity contribution in [3.8, 4) is 0 Å². The Labute approximate surface area is 177 Å². The van der Waals surface area contributed by atoms with E-state index in [9.17, 15) is 14.4 Å². The number of anilines is 1. The van der Waals surface area contributed by atoms with Crippen molar-refractivity contribution in [3.63, 3.8) is 0 Å². The van der Waals surface area contributed by atoms with Gasteiger partial charge in [-0.2, -0.15) is 0 Å². The van der Waals surface area contributed by atoms with Crippen LogP contribution in [0.3, 0.4) is 0 Å². The van der Waals surface area contributed by atoms with Crippen molar-refractivity contribution in [3.05, 3.63) is 65.2 Å². The number of benzene rings is 2. The molecule has 1 aliphatic rings. The lowest BCUT2D eigenvalue weighted by molar-refractivity contribution is -0.119. The van der Waals surface area contributed by atoms with Gasteiger partial charge >= 0.3 is 5.97 Å². The van der Waals surface area contributed by atoms with Crippen molar-refractivity contribution in [2.24, 2.45) is 0 Å². The Hall–Kier alpha value is -3.15. The van der Waals surface area contributed by atoms with Crippen LogP contribution in [0.5, 0.6) is 0 Å². The summed E-state index contributed by atoms with van der Waals surface area (Å²) >= 11 is 0. The van der Waals surface area contributed by atoms with Crippen molar-refractivity contribution in [1.82, 2.24) is 5.32 Å². The minimum Gasteiger partial charge on any atom is -0.452 e. The summed E-state index contributed by atoms with van der Waals surface area (Å²) in [5.41, 5.74) is 2.61. The van der Waals surface area contributed by atoms with E-state index in [2.05, 4.69) is 10.6 Å². The smallest absolute Gasteiger partial charge is 0.338 e. The summed E-state index contributed by atoms with van der Waals surface area (Å²) in [6.07, 6.45) is 6.22. The van der Waals surface area contributed by atoms with Crippen molar-refractivity contribution in [1.29, 1.82) is 0 Å². The summed E-state index contributed by atoms with van der Waals surface area (Å²) in [7, 11) is 0. The molecule has 2 aromatic rings. The highest BCUT2D eigenvalue weighted by molar-refractivity contribution is 5.98. The van der Waals surface area contributed by atoms with Crippen LogP contribution in [0, 0.1) is 0 Å². The number of carbonyl (C=O) groups is 3. The maximum Gasteiger partial charge on any atom is 0.338 e. The highest BCUT2D eigenvalue weighted by atomic mass is 16.5. The summed E-state index contributed by atoms with van der Waals surface area (Å²) in [5.74, 6) is -0.631. The Morgan fingerprint density at radius 2 is 1.70 bits per heavy atom. The Morgan fingerprint density at radius 3 is 2.40 bits per heavy atom. The summed E-state index contributed by atoms with van der Waals surface area (Å²) in [5, 5.41) is 5.35. The number of hydrogen-bond donors (Lipinski definition) is 2. The number of rotatable bonds is 7. The molecule has 0 bridgehead atoms. The second kappa shape index (κ2) is 10.6. The second-order valence-electron chi connectivity index (χ2n) is 7.52. The fourth-order valence-corrected chi connectivity index (χ4v) is 3.74. The van der Waals surface area contributed by atoms with Gasteiger partial charge in [0.15, 0.2) is 6.61 Å². The first-order valence-electron chi connectivity index (χ1n) is 10.5. The van der Waals surface area contributed by atoms with Crippen LogP contribution in [0.4, 0.5) is 5.69 Å². The average molecular weight is 408 g/mol. The van der Waals surface area contributed by atoms with Crippen molar-refractivity contribution in [2.45, 2.75) is 44.9 Å². The molecule has 0 aromatic heterocycles. The van der Waals surface area contributed by atoms with E-state index < -0.39 is 18.5 Å².